The van der Waals surface area contributed by atoms with Gasteiger partial charge in [0.05, 0.1) is 24.8 Å². The fourth-order valence-electron chi connectivity index (χ4n) is 4.10. The Labute approximate surface area is 257 Å². The van der Waals surface area contributed by atoms with E-state index < -0.39 is 28.5 Å². The van der Waals surface area contributed by atoms with Crippen LogP contribution < -0.4 is 19.1 Å². The Morgan fingerprint density at radius 1 is 0.905 bits per heavy atom. The second kappa shape index (κ2) is 14.6. The fraction of sp³-hybridized carbons (Fsp3) is 0.333. The average Bonchev–Trinajstić information content (AvgIpc) is 2.97. The van der Waals surface area contributed by atoms with E-state index in [0.29, 0.717) is 27.9 Å². The van der Waals surface area contributed by atoms with Crippen molar-refractivity contribution in [3.05, 3.63) is 82.3 Å². The number of carbonyl (C=O) groups excluding carboxylic acids is 2. The van der Waals surface area contributed by atoms with Crippen LogP contribution in [0.5, 0.6) is 11.5 Å². The topological polar surface area (TPSA) is 105 Å². The highest BCUT2D eigenvalue weighted by atomic mass is 35.5. The van der Waals surface area contributed by atoms with E-state index in [4.69, 9.17) is 32.7 Å². The van der Waals surface area contributed by atoms with Gasteiger partial charge in [-0.25, -0.2) is 8.42 Å². The Balaban J connectivity index is 2.08. The van der Waals surface area contributed by atoms with Crippen LogP contribution in [0.15, 0.2) is 71.6 Å². The smallest absolute Gasteiger partial charge is 0.264 e. The lowest BCUT2D eigenvalue weighted by atomic mass is 10.1. The zero-order valence-corrected chi connectivity index (χ0v) is 26.5. The second-order valence-corrected chi connectivity index (χ2v) is 12.6. The van der Waals surface area contributed by atoms with E-state index in [1.165, 1.54) is 43.4 Å². The molecular formula is C30H35Cl2N3O6S. The number of amides is 2. The van der Waals surface area contributed by atoms with Gasteiger partial charge in [-0.05, 0) is 54.8 Å². The fourth-order valence-corrected chi connectivity index (χ4v) is 5.99. The zero-order valence-electron chi connectivity index (χ0n) is 24.1. The largest absolute Gasteiger partial charge is 0.493 e. The number of ether oxygens (including phenoxy) is 2. The van der Waals surface area contributed by atoms with Crippen LogP contribution in [-0.4, -0.2) is 58.5 Å². The molecule has 3 rings (SSSR count). The number of carbonyl (C=O) groups is 2. The molecule has 12 heteroatoms. The Bertz CT molecular complexity index is 1500. The number of anilines is 1. The molecule has 1 N–H and O–H groups in total. The van der Waals surface area contributed by atoms with Crippen molar-refractivity contribution in [3.63, 3.8) is 0 Å². The number of sulfonamides is 1. The summed E-state index contributed by atoms with van der Waals surface area (Å²) >= 11 is 12.5. The number of rotatable bonds is 13. The van der Waals surface area contributed by atoms with Crippen LogP contribution in [0.1, 0.15) is 26.3 Å². The van der Waals surface area contributed by atoms with Gasteiger partial charge in [-0.2, -0.15) is 0 Å². The average molecular weight is 637 g/mol. The van der Waals surface area contributed by atoms with Crippen LogP contribution in [0.25, 0.3) is 0 Å². The first-order valence-corrected chi connectivity index (χ1v) is 15.4. The van der Waals surface area contributed by atoms with Gasteiger partial charge in [0.2, 0.25) is 11.8 Å². The number of nitrogens with zero attached hydrogens (tertiary/aromatic N) is 2. The molecule has 0 saturated carbocycles. The first kappa shape index (κ1) is 33.0. The maximum atomic E-state index is 14.1. The van der Waals surface area contributed by atoms with Crippen LogP contribution in [0.2, 0.25) is 10.0 Å². The summed E-state index contributed by atoms with van der Waals surface area (Å²) in [5.41, 5.74) is 0.716. The Kier molecular flexibility index (Phi) is 11.5. The summed E-state index contributed by atoms with van der Waals surface area (Å²) in [5, 5.41) is 3.57. The highest BCUT2D eigenvalue weighted by molar-refractivity contribution is 7.92. The maximum absolute atomic E-state index is 14.1. The molecule has 226 valence electrons. The zero-order chi connectivity index (χ0) is 31.0. The highest BCUT2D eigenvalue weighted by Crippen LogP contribution is 2.34. The summed E-state index contributed by atoms with van der Waals surface area (Å²) in [6, 6.07) is 16.2. The van der Waals surface area contributed by atoms with E-state index in [-0.39, 0.29) is 34.7 Å². The quantitative estimate of drug-likeness (QED) is 0.270. The monoisotopic (exact) mass is 635 g/mol. The number of methoxy groups -OCH3 is 2. The lowest BCUT2D eigenvalue weighted by Gasteiger charge is -2.32. The normalized spacial score (nSPS) is 12.0. The molecule has 42 heavy (non-hydrogen) atoms. The third-order valence-electron chi connectivity index (χ3n) is 6.47. The van der Waals surface area contributed by atoms with Gasteiger partial charge in [0.1, 0.15) is 12.6 Å². The van der Waals surface area contributed by atoms with Gasteiger partial charge >= 0.3 is 0 Å². The van der Waals surface area contributed by atoms with Gasteiger partial charge in [0, 0.05) is 29.2 Å². The van der Waals surface area contributed by atoms with E-state index >= 15 is 0 Å². The molecule has 0 spiro atoms. The van der Waals surface area contributed by atoms with Crippen molar-refractivity contribution in [3.8, 4) is 11.5 Å². The predicted molar refractivity (Wildman–Crippen MR) is 165 cm³/mol. The number of hydrogen-bond donors (Lipinski definition) is 1. The third-order valence-corrected chi connectivity index (χ3v) is 8.85. The first-order valence-electron chi connectivity index (χ1n) is 13.2. The van der Waals surface area contributed by atoms with E-state index in [9.17, 15) is 18.0 Å². The molecule has 0 aliphatic rings. The highest BCUT2D eigenvalue weighted by Gasteiger charge is 2.33. The van der Waals surface area contributed by atoms with E-state index in [0.717, 1.165) is 4.31 Å². The predicted octanol–water partition coefficient (Wildman–Crippen LogP) is 5.40. The van der Waals surface area contributed by atoms with Gasteiger partial charge in [-0.1, -0.05) is 61.3 Å². The summed E-state index contributed by atoms with van der Waals surface area (Å²) in [5.74, 6) is -0.151. The minimum atomic E-state index is -4.24. The molecule has 0 aliphatic carbocycles. The van der Waals surface area contributed by atoms with Crippen LogP contribution in [0, 0.1) is 5.92 Å². The third kappa shape index (κ3) is 8.08. The molecule has 0 aliphatic heterocycles. The molecule has 3 aromatic rings. The van der Waals surface area contributed by atoms with Crippen molar-refractivity contribution in [2.75, 3.05) is 31.6 Å². The van der Waals surface area contributed by atoms with Gasteiger partial charge in [-0.3, -0.25) is 13.9 Å². The lowest BCUT2D eigenvalue weighted by Crippen LogP contribution is -2.51. The standard InChI is InChI=1S/C30H35Cl2N3O6S/c1-20(2)17-33-30(37)21(3)34(18-22-11-12-23(31)15-26(22)32)29(36)19-35(42(38,39)25-9-7-6-8-10-25)24-13-14-27(40-4)28(16-24)41-5/h6-16,20-21H,17-19H2,1-5H3,(H,33,37). The van der Waals surface area contributed by atoms with Crippen molar-refractivity contribution in [2.45, 2.75) is 38.3 Å². The summed E-state index contributed by atoms with van der Waals surface area (Å²) < 4.78 is 39.6. The van der Waals surface area contributed by atoms with Crippen LogP contribution >= 0.6 is 23.2 Å². The van der Waals surface area contributed by atoms with Gasteiger partial charge in [-0.15, -0.1) is 0 Å². The van der Waals surface area contributed by atoms with Crippen LogP contribution in [0.3, 0.4) is 0 Å². The van der Waals surface area contributed by atoms with Gasteiger partial charge in [0.15, 0.2) is 11.5 Å². The molecule has 0 aromatic heterocycles. The Hall–Kier alpha value is -3.47. The molecule has 0 fully saturated rings. The molecule has 0 radical (unpaired) electrons. The number of hydrogen-bond acceptors (Lipinski definition) is 6. The lowest BCUT2D eigenvalue weighted by molar-refractivity contribution is -0.139. The molecule has 1 atom stereocenters. The van der Waals surface area contributed by atoms with E-state index in [2.05, 4.69) is 5.32 Å². The van der Waals surface area contributed by atoms with Crippen molar-refractivity contribution in [2.24, 2.45) is 5.92 Å². The number of nitrogens with one attached hydrogen (secondary N) is 1. The molecular weight excluding hydrogens is 601 g/mol. The van der Waals surface area contributed by atoms with Crippen LogP contribution in [-0.2, 0) is 26.2 Å². The van der Waals surface area contributed by atoms with E-state index in [1.54, 1.807) is 49.4 Å². The summed E-state index contributed by atoms with van der Waals surface area (Å²) in [7, 11) is -1.34. The van der Waals surface area contributed by atoms with Crippen molar-refractivity contribution in [1.82, 2.24) is 10.2 Å². The minimum Gasteiger partial charge on any atom is -0.493 e. The van der Waals surface area contributed by atoms with Crippen LogP contribution in [0.4, 0.5) is 5.69 Å². The molecule has 3 aromatic carbocycles. The minimum absolute atomic E-state index is 0.0115. The molecule has 2 amide bonds. The van der Waals surface area contributed by atoms with Crippen molar-refractivity contribution in [1.29, 1.82) is 0 Å². The van der Waals surface area contributed by atoms with Gasteiger partial charge in [0.25, 0.3) is 10.0 Å². The molecule has 0 saturated heterocycles. The summed E-state index contributed by atoms with van der Waals surface area (Å²) in [6.45, 7) is 5.24. The molecule has 0 heterocycles. The van der Waals surface area contributed by atoms with Crippen molar-refractivity contribution < 1.29 is 27.5 Å². The summed E-state index contributed by atoms with van der Waals surface area (Å²) in [6.07, 6.45) is 0. The first-order chi connectivity index (χ1) is 19.9. The van der Waals surface area contributed by atoms with Crippen molar-refractivity contribution >= 4 is 50.7 Å². The van der Waals surface area contributed by atoms with Gasteiger partial charge < -0.3 is 19.7 Å². The Morgan fingerprint density at radius 3 is 2.17 bits per heavy atom. The molecule has 0 bridgehead atoms. The SMILES string of the molecule is COc1ccc(N(CC(=O)N(Cc2ccc(Cl)cc2Cl)C(C)C(=O)NCC(C)C)S(=O)(=O)c2ccccc2)cc1OC. The van der Waals surface area contributed by atoms with E-state index in [1.807, 2.05) is 13.8 Å². The summed E-state index contributed by atoms with van der Waals surface area (Å²) in [4.78, 5) is 28.5. The second-order valence-electron chi connectivity index (χ2n) is 9.94. The number of benzene rings is 3. The molecule has 9 nitrogen and oxygen atoms in total. The Morgan fingerprint density at radius 2 is 1.57 bits per heavy atom. The maximum Gasteiger partial charge on any atom is 0.264 e. The molecule has 1 unspecified atom stereocenters. The number of halogens is 2.